The number of ketones is 1. The first kappa shape index (κ1) is 28.0. The van der Waals surface area contributed by atoms with Crippen molar-refractivity contribution in [2.45, 2.75) is 20.3 Å². The van der Waals surface area contributed by atoms with Crippen molar-refractivity contribution in [2.24, 2.45) is 17.8 Å². The Labute approximate surface area is 242 Å². The van der Waals surface area contributed by atoms with Crippen LogP contribution in [0, 0.1) is 24.7 Å². The number of esters is 1. The van der Waals surface area contributed by atoms with Crippen LogP contribution < -0.4 is 4.74 Å². The number of hydrogen-bond acceptors (Lipinski definition) is 6. The predicted octanol–water partition coefficient (Wildman–Crippen LogP) is 5.30. The summed E-state index contributed by atoms with van der Waals surface area (Å²) in [5, 5.41) is 1.84. The minimum atomic E-state index is -0.742. The third-order valence-corrected chi connectivity index (χ3v) is 7.73. The molecule has 3 amide bonds. The molecule has 3 atom stereocenters. The minimum absolute atomic E-state index is 0.0574. The van der Waals surface area contributed by atoms with Crippen LogP contribution in [0.4, 0.5) is 0 Å². The number of ether oxygens (including phenoxy) is 1. The van der Waals surface area contributed by atoms with Crippen LogP contribution in [0.2, 0.25) is 5.02 Å². The van der Waals surface area contributed by atoms with Crippen LogP contribution in [0.1, 0.15) is 50.0 Å². The number of rotatable bonds is 7. The third kappa shape index (κ3) is 5.56. The molecule has 1 aliphatic carbocycles. The lowest BCUT2D eigenvalue weighted by Crippen LogP contribution is -2.52. The van der Waals surface area contributed by atoms with Crippen molar-refractivity contribution in [3.05, 3.63) is 112 Å². The summed E-state index contributed by atoms with van der Waals surface area (Å²) in [6.07, 6.45) is 4.12. The highest BCUT2D eigenvalue weighted by atomic mass is 35.5. The number of hydrazine groups is 1. The number of aryl methyl sites for hydroxylation is 1. The van der Waals surface area contributed by atoms with E-state index in [-0.39, 0.29) is 27.8 Å². The van der Waals surface area contributed by atoms with Crippen LogP contribution >= 0.6 is 11.6 Å². The molecule has 0 unspecified atom stereocenters. The summed E-state index contributed by atoms with van der Waals surface area (Å²) in [6.45, 7) is 3.18. The first-order valence-electron chi connectivity index (χ1n) is 13.2. The molecule has 5 rings (SSSR count). The molecule has 41 heavy (non-hydrogen) atoms. The minimum Gasteiger partial charge on any atom is -0.423 e. The lowest BCUT2D eigenvalue weighted by Gasteiger charge is -2.30. The van der Waals surface area contributed by atoms with Crippen LogP contribution in [0.15, 0.2) is 84.9 Å². The Hall–Kier alpha value is -4.56. The Morgan fingerprint density at radius 1 is 0.927 bits per heavy atom. The topological polar surface area (TPSA) is 101 Å². The van der Waals surface area contributed by atoms with Gasteiger partial charge in [0.2, 0.25) is 0 Å². The van der Waals surface area contributed by atoms with E-state index >= 15 is 0 Å². The van der Waals surface area contributed by atoms with E-state index < -0.39 is 47.9 Å². The molecule has 2 aliphatic rings. The van der Waals surface area contributed by atoms with Crippen molar-refractivity contribution in [1.29, 1.82) is 0 Å². The number of carbonyl (C=O) groups excluding carboxylic acids is 5. The number of carbonyl (C=O) groups is 5. The quantitative estimate of drug-likeness (QED) is 0.126. The van der Waals surface area contributed by atoms with E-state index in [1.807, 2.05) is 26.0 Å². The van der Waals surface area contributed by atoms with Gasteiger partial charge in [0, 0.05) is 5.56 Å². The van der Waals surface area contributed by atoms with Crippen LogP contribution in [-0.2, 0) is 9.59 Å². The number of imide groups is 1. The van der Waals surface area contributed by atoms with Crippen molar-refractivity contribution in [2.75, 3.05) is 6.54 Å². The predicted molar refractivity (Wildman–Crippen MR) is 151 cm³/mol. The Balaban J connectivity index is 1.39. The van der Waals surface area contributed by atoms with Crippen molar-refractivity contribution < 1.29 is 28.7 Å². The van der Waals surface area contributed by atoms with Gasteiger partial charge < -0.3 is 4.74 Å². The van der Waals surface area contributed by atoms with Gasteiger partial charge in [0.25, 0.3) is 17.7 Å². The van der Waals surface area contributed by atoms with Crippen molar-refractivity contribution in [1.82, 2.24) is 10.0 Å². The zero-order valence-electron chi connectivity index (χ0n) is 22.5. The van der Waals surface area contributed by atoms with Crippen LogP contribution in [-0.4, -0.2) is 46.0 Å². The molecule has 0 spiro atoms. The molecular weight excluding hydrogens is 544 g/mol. The average molecular weight is 571 g/mol. The van der Waals surface area contributed by atoms with Crippen molar-refractivity contribution in [3.8, 4) is 5.75 Å². The smallest absolute Gasteiger partial charge is 0.343 e. The number of hydrogen-bond donors (Lipinski definition) is 0. The SMILES string of the molecule is Cc1ccc(C(=O)Oc2ccc(C(=O)CN(C(=O)c3ccccc3Cl)N3C(=O)[C@H]4[C@H](C)C=CC[C@H]4C3=O)cc2)cc1. The maximum atomic E-state index is 13.7. The lowest BCUT2D eigenvalue weighted by atomic mass is 9.78. The fourth-order valence-electron chi connectivity index (χ4n) is 5.17. The number of nitrogens with zero attached hydrogens (tertiary/aromatic N) is 2. The van der Waals surface area contributed by atoms with Gasteiger partial charge in [-0.25, -0.2) is 9.80 Å². The van der Waals surface area contributed by atoms with Crippen LogP contribution in [0.25, 0.3) is 0 Å². The molecule has 8 nitrogen and oxygen atoms in total. The van der Waals surface area contributed by atoms with Gasteiger partial charge >= 0.3 is 5.97 Å². The normalized spacial score (nSPS) is 19.6. The number of fused-ring (bicyclic) bond motifs is 1. The van der Waals surface area contributed by atoms with E-state index in [1.54, 1.807) is 36.4 Å². The van der Waals surface area contributed by atoms with Crippen molar-refractivity contribution >= 4 is 41.1 Å². The molecule has 3 aromatic rings. The fourth-order valence-corrected chi connectivity index (χ4v) is 5.38. The number of Topliss-reactive ketones (excluding diaryl/α,β-unsaturated/α-hetero) is 1. The number of benzene rings is 3. The maximum Gasteiger partial charge on any atom is 0.343 e. The van der Waals surface area contributed by atoms with E-state index in [0.717, 1.165) is 15.6 Å². The molecule has 9 heteroatoms. The van der Waals surface area contributed by atoms with E-state index in [0.29, 0.717) is 12.0 Å². The summed E-state index contributed by atoms with van der Waals surface area (Å²) in [7, 11) is 0. The molecule has 1 heterocycles. The van der Waals surface area contributed by atoms with Gasteiger partial charge in [0.15, 0.2) is 5.78 Å². The Kier molecular flexibility index (Phi) is 7.85. The standard InChI is InChI=1S/C32H27ClN2O6/c1-19-10-12-22(13-11-19)32(40)41-23-16-14-21(15-17-23)27(36)18-34(29(37)24-7-3-4-9-26(24)33)35-30(38)25-8-5-6-20(2)28(25)31(35)39/h3-7,9-17,20,25,28H,8,18H2,1-2H3/t20-,25-,28+/m1/s1. The first-order valence-corrected chi connectivity index (χ1v) is 13.6. The van der Waals surface area contributed by atoms with E-state index in [1.165, 1.54) is 36.4 Å². The Morgan fingerprint density at radius 3 is 2.24 bits per heavy atom. The molecule has 3 aromatic carbocycles. The summed E-state index contributed by atoms with van der Waals surface area (Å²) >= 11 is 6.28. The zero-order valence-corrected chi connectivity index (χ0v) is 23.2. The van der Waals surface area contributed by atoms with Crippen LogP contribution in [0.3, 0.4) is 0 Å². The first-order chi connectivity index (χ1) is 19.7. The molecule has 0 aromatic heterocycles. The summed E-state index contributed by atoms with van der Waals surface area (Å²) in [5.74, 6) is -4.06. The Morgan fingerprint density at radius 2 is 1.59 bits per heavy atom. The number of halogens is 1. The van der Waals surface area contributed by atoms with Gasteiger partial charge in [-0.05, 0) is 67.8 Å². The Bertz CT molecular complexity index is 1560. The van der Waals surface area contributed by atoms with Crippen molar-refractivity contribution in [3.63, 3.8) is 0 Å². The van der Waals surface area contributed by atoms with Gasteiger partial charge in [0.05, 0.1) is 28.0 Å². The summed E-state index contributed by atoms with van der Waals surface area (Å²) in [5.41, 5.74) is 1.65. The van der Waals surface area contributed by atoms with Gasteiger partial charge in [-0.2, -0.15) is 5.01 Å². The van der Waals surface area contributed by atoms with E-state index in [4.69, 9.17) is 16.3 Å². The molecule has 0 N–H and O–H groups in total. The summed E-state index contributed by atoms with van der Waals surface area (Å²) in [4.78, 5) is 66.5. The van der Waals surface area contributed by atoms with E-state index in [2.05, 4.69) is 0 Å². The highest BCUT2D eigenvalue weighted by Gasteiger charge is 2.53. The third-order valence-electron chi connectivity index (χ3n) is 7.40. The highest BCUT2D eigenvalue weighted by Crippen LogP contribution is 2.39. The molecule has 1 saturated heterocycles. The summed E-state index contributed by atoms with van der Waals surface area (Å²) in [6, 6.07) is 19.0. The van der Waals surface area contributed by atoms with Crippen LogP contribution in [0.5, 0.6) is 5.75 Å². The highest BCUT2D eigenvalue weighted by molar-refractivity contribution is 6.34. The number of amides is 3. The summed E-state index contributed by atoms with van der Waals surface area (Å²) < 4.78 is 5.41. The zero-order chi connectivity index (χ0) is 29.3. The van der Waals surface area contributed by atoms with Gasteiger partial charge in [-0.1, -0.05) is 60.5 Å². The van der Waals surface area contributed by atoms with Gasteiger partial charge in [-0.15, -0.1) is 0 Å². The second-order valence-electron chi connectivity index (χ2n) is 10.2. The monoisotopic (exact) mass is 570 g/mol. The molecule has 0 bridgehead atoms. The fraction of sp³-hybridized carbons (Fsp3) is 0.219. The van der Waals surface area contributed by atoms with Gasteiger partial charge in [0.1, 0.15) is 12.3 Å². The van der Waals surface area contributed by atoms with E-state index in [9.17, 15) is 24.0 Å². The second-order valence-corrected chi connectivity index (χ2v) is 10.6. The molecular formula is C32H27ClN2O6. The molecule has 1 aliphatic heterocycles. The lowest BCUT2D eigenvalue weighted by molar-refractivity contribution is -0.154. The largest absolute Gasteiger partial charge is 0.423 e. The second kappa shape index (κ2) is 11.5. The van der Waals surface area contributed by atoms with Gasteiger partial charge in [-0.3, -0.25) is 19.2 Å². The molecule has 208 valence electrons. The maximum absolute atomic E-state index is 13.7. The molecule has 0 radical (unpaired) electrons. The number of allylic oxidation sites excluding steroid dienone is 2. The molecule has 1 fully saturated rings. The average Bonchev–Trinajstić information content (AvgIpc) is 3.22. The molecule has 0 saturated carbocycles.